The number of carbonyl (C=O) groups is 2. The molecule has 6 heteroatoms. The van der Waals surface area contributed by atoms with Crippen LogP contribution in [0.4, 0.5) is 4.79 Å². The fourth-order valence-electron chi connectivity index (χ4n) is 2.14. The number of methoxy groups -OCH3 is 1. The largest absolute Gasteiger partial charge is 0.463 e. The van der Waals surface area contributed by atoms with Gasteiger partial charge in [-0.2, -0.15) is 0 Å². The number of hydrogen-bond acceptors (Lipinski definition) is 4. The summed E-state index contributed by atoms with van der Waals surface area (Å²) in [5, 5.41) is 4.01. The van der Waals surface area contributed by atoms with Crippen molar-refractivity contribution in [2.45, 2.75) is 19.0 Å². The van der Waals surface area contributed by atoms with Gasteiger partial charge in [-0.1, -0.05) is 30.3 Å². The van der Waals surface area contributed by atoms with Gasteiger partial charge >= 0.3 is 6.09 Å². The minimum absolute atomic E-state index is 0.172. The molecule has 0 saturated heterocycles. The Kier molecular flexibility index (Phi) is 5.32. The fourth-order valence-corrected chi connectivity index (χ4v) is 2.14. The number of nitrogens with two attached hydrogens (primary N) is 1. The molecule has 3 N–H and O–H groups in total. The lowest BCUT2D eigenvalue weighted by Crippen LogP contribution is -2.92. The third kappa shape index (κ3) is 3.95. The van der Waals surface area contributed by atoms with Crippen LogP contribution in [0.5, 0.6) is 0 Å². The smallest absolute Gasteiger partial charge is 0.413 e. The van der Waals surface area contributed by atoms with Gasteiger partial charge in [0.15, 0.2) is 17.8 Å². The number of ether oxygens (including phenoxy) is 1. The Morgan fingerprint density at radius 3 is 2.50 bits per heavy atom. The first-order valence-corrected chi connectivity index (χ1v) is 6.94. The number of carbonyl (C=O) groups excluding carboxylic acids is 2. The Labute approximate surface area is 128 Å². The second-order valence-electron chi connectivity index (χ2n) is 4.87. The number of benzene rings is 1. The summed E-state index contributed by atoms with van der Waals surface area (Å²) in [6.07, 6.45) is 0.831. The van der Waals surface area contributed by atoms with Gasteiger partial charge in [-0.25, -0.2) is 4.79 Å². The molecule has 0 aliphatic heterocycles. The lowest BCUT2D eigenvalue weighted by atomic mass is 10.0. The zero-order valence-electron chi connectivity index (χ0n) is 12.5. The highest BCUT2D eigenvalue weighted by Crippen LogP contribution is 2.18. The molecular weight excluding hydrogens is 284 g/mol. The molecule has 2 rings (SSSR count). The Balaban J connectivity index is 2.14. The second-order valence-corrected chi connectivity index (χ2v) is 4.87. The van der Waals surface area contributed by atoms with Gasteiger partial charge < -0.3 is 14.5 Å². The van der Waals surface area contributed by atoms with E-state index in [0.29, 0.717) is 0 Å². The number of rotatable bonds is 5. The molecule has 0 spiro atoms. The molecule has 0 aliphatic carbocycles. The van der Waals surface area contributed by atoms with E-state index in [2.05, 4.69) is 10.1 Å². The summed E-state index contributed by atoms with van der Waals surface area (Å²) < 4.78 is 9.91. The number of furan rings is 1. The average molecular weight is 303 g/mol. The molecule has 0 fully saturated rings. The highest BCUT2D eigenvalue weighted by Gasteiger charge is 2.27. The summed E-state index contributed by atoms with van der Waals surface area (Å²) in [7, 11) is 1.21. The van der Waals surface area contributed by atoms with Crippen LogP contribution in [-0.4, -0.2) is 25.2 Å². The van der Waals surface area contributed by atoms with Crippen LogP contribution in [0.25, 0.3) is 0 Å². The third-order valence-corrected chi connectivity index (χ3v) is 3.31. The first kappa shape index (κ1) is 15.8. The molecule has 0 unspecified atom stereocenters. The summed E-state index contributed by atoms with van der Waals surface area (Å²) in [5.41, 5.74) is 1.01. The average Bonchev–Trinajstić information content (AvgIpc) is 3.07. The van der Waals surface area contributed by atoms with Crippen molar-refractivity contribution in [3.8, 4) is 0 Å². The van der Waals surface area contributed by atoms with E-state index in [0.717, 1.165) is 11.3 Å². The van der Waals surface area contributed by atoms with Gasteiger partial charge in [-0.3, -0.25) is 10.1 Å². The van der Waals surface area contributed by atoms with E-state index >= 15 is 0 Å². The maximum absolute atomic E-state index is 12.0. The van der Waals surface area contributed by atoms with E-state index in [1.807, 2.05) is 41.7 Å². The van der Waals surface area contributed by atoms with Crippen molar-refractivity contribution in [3.63, 3.8) is 0 Å². The Bertz CT molecular complexity index is 610. The van der Waals surface area contributed by atoms with E-state index in [9.17, 15) is 9.59 Å². The van der Waals surface area contributed by atoms with Crippen molar-refractivity contribution in [3.05, 3.63) is 60.1 Å². The maximum Gasteiger partial charge on any atom is 0.413 e. The van der Waals surface area contributed by atoms with Gasteiger partial charge in [0.25, 0.3) is 5.91 Å². The lowest BCUT2D eigenvalue weighted by Gasteiger charge is -2.18. The lowest BCUT2D eigenvalue weighted by molar-refractivity contribution is -0.706. The maximum atomic E-state index is 12.0. The molecular formula is C16H19N2O4+. The van der Waals surface area contributed by atoms with Crippen LogP contribution in [0.2, 0.25) is 0 Å². The van der Waals surface area contributed by atoms with Crippen molar-refractivity contribution >= 4 is 12.0 Å². The van der Waals surface area contributed by atoms with Crippen LogP contribution < -0.4 is 10.6 Å². The van der Waals surface area contributed by atoms with Gasteiger partial charge in [0.1, 0.15) is 0 Å². The second kappa shape index (κ2) is 7.42. The van der Waals surface area contributed by atoms with E-state index in [1.165, 1.54) is 7.11 Å². The van der Waals surface area contributed by atoms with Crippen LogP contribution in [0.15, 0.2) is 53.1 Å². The first-order valence-electron chi connectivity index (χ1n) is 6.94. The highest BCUT2D eigenvalue weighted by atomic mass is 16.5. The van der Waals surface area contributed by atoms with Crippen LogP contribution in [-0.2, 0) is 9.53 Å². The topological polar surface area (TPSA) is 85.1 Å². The summed E-state index contributed by atoms with van der Waals surface area (Å²) in [5.74, 6) is 0.322. The monoisotopic (exact) mass is 303 g/mol. The molecule has 116 valence electrons. The summed E-state index contributed by atoms with van der Waals surface area (Å²) in [6, 6.07) is 12.7. The van der Waals surface area contributed by atoms with Crippen LogP contribution in [0, 0.1) is 0 Å². The molecule has 22 heavy (non-hydrogen) atoms. The minimum atomic E-state index is -0.764. The Morgan fingerprint density at radius 2 is 1.91 bits per heavy atom. The quantitative estimate of drug-likeness (QED) is 0.869. The van der Waals surface area contributed by atoms with Crippen molar-refractivity contribution in [2.75, 3.05) is 7.11 Å². The number of amides is 2. The fraction of sp³-hybridized carbons (Fsp3) is 0.250. The number of imide groups is 1. The minimum Gasteiger partial charge on any atom is -0.463 e. The van der Waals surface area contributed by atoms with Crippen molar-refractivity contribution in [2.24, 2.45) is 0 Å². The number of alkyl carbamates (subject to hydrolysis) is 1. The molecule has 2 amide bonds. The van der Waals surface area contributed by atoms with E-state index in [4.69, 9.17) is 4.42 Å². The Morgan fingerprint density at radius 1 is 1.18 bits per heavy atom. The zero-order valence-corrected chi connectivity index (χ0v) is 12.5. The molecule has 1 aromatic heterocycles. The normalized spacial score (nSPS) is 13.2. The molecule has 6 nitrogen and oxygen atoms in total. The van der Waals surface area contributed by atoms with Crippen molar-refractivity contribution < 1.29 is 24.1 Å². The zero-order chi connectivity index (χ0) is 15.9. The van der Waals surface area contributed by atoms with Crippen LogP contribution in [0.1, 0.15) is 24.3 Å². The van der Waals surface area contributed by atoms with Gasteiger partial charge in [0, 0.05) is 5.56 Å². The highest BCUT2D eigenvalue weighted by molar-refractivity contribution is 5.93. The molecule has 1 aromatic carbocycles. The van der Waals surface area contributed by atoms with Gasteiger partial charge in [-0.15, -0.1) is 0 Å². The predicted molar refractivity (Wildman–Crippen MR) is 78.9 cm³/mol. The van der Waals surface area contributed by atoms with E-state index in [-0.39, 0.29) is 6.04 Å². The van der Waals surface area contributed by atoms with Gasteiger partial charge in [0.2, 0.25) is 0 Å². The molecule has 0 bridgehead atoms. The molecule has 2 atom stereocenters. The molecule has 0 saturated carbocycles. The van der Waals surface area contributed by atoms with E-state index in [1.54, 1.807) is 19.3 Å². The third-order valence-electron chi connectivity index (χ3n) is 3.31. The molecule has 0 aliphatic rings. The number of hydrogen-bond donors (Lipinski definition) is 2. The van der Waals surface area contributed by atoms with Gasteiger partial charge in [-0.05, 0) is 19.1 Å². The Hall–Kier alpha value is -2.60. The first-order chi connectivity index (χ1) is 10.6. The predicted octanol–water partition coefficient (Wildman–Crippen LogP) is 1.20. The summed E-state index contributed by atoms with van der Waals surface area (Å²) in [4.78, 5) is 23.1. The molecule has 0 radical (unpaired) electrons. The standard InChI is InChI=1S/C16H18N2O4/c1-11(15(19)18-16(20)21-2)17-14(13-9-6-10-22-13)12-7-4-3-5-8-12/h3-11,14,17H,1-2H3,(H,18,19,20)/p+1/t11-,14-/m1/s1. The van der Waals surface area contributed by atoms with Crippen LogP contribution in [0.3, 0.4) is 0 Å². The van der Waals surface area contributed by atoms with Crippen molar-refractivity contribution in [1.82, 2.24) is 5.32 Å². The SMILES string of the molecule is COC(=O)NC(=O)[C@@H](C)[NH2+][C@H](c1ccccc1)c1ccco1. The van der Waals surface area contributed by atoms with E-state index < -0.39 is 18.0 Å². The molecule has 2 aromatic rings. The van der Waals surface area contributed by atoms with Crippen molar-refractivity contribution in [1.29, 1.82) is 0 Å². The molecule has 1 heterocycles. The summed E-state index contributed by atoms with van der Waals surface area (Å²) >= 11 is 0. The summed E-state index contributed by atoms with van der Waals surface area (Å²) in [6.45, 7) is 1.72. The number of quaternary nitrogens is 1. The van der Waals surface area contributed by atoms with Gasteiger partial charge in [0.05, 0.1) is 13.4 Å². The number of nitrogens with one attached hydrogen (secondary N) is 1. The van der Waals surface area contributed by atoms with Crippen LogP contribution >= 0.6 is 0 Å².